The Morgan fingerprint density at radius 3 is 2.35 bits per heavy atom. The zero-order chi connectivity index (χ0) is 23.5. The van der Waals surface area contributed by atoms with Crippen molar-refractivity contribution < 1.29 is 9.18 Å². The smallest absolute Gasteiger partial charge is 0.275 e. The third kappa shape index (κ3) is 4.40. The number of rotatable bonds is 5. The number of nitrogens with zero attached hydrogens (tertiary/aromatic N) is 2. The molecule has 4 aromatic rings. The third-order valence-corrected chi connectivity index (χ3v) is 6.70. The van der Waals surface area contributed by atoms with Crippen LogP contribution in [0, 0.1) is 5.82 Å². The summed E-state index contributed by atoms with van der Waals surface area (Å²) < 4.78 is 17.6. The number of carbonyl (C=O) groups is 1. The molecule has 0 unspecified atom stereocenters. The predicted octanol–water partition coefficient (Wildman–Crippen LogP) is 5.41. The van der Waals surface area contributed by atoms with Gasteiger partial charge in [-0.3, -0.25) is 14.2 Å². The Kier molecular flexibility index (Phi) is 6.30. The first-order chi connectivity index (χ1) is 16.6. The van der Waals surface area contributed by atoms with Gasteiger partial charge in [0.25, 0.3) is 11.5 Å². The molecule has 1 amide bonds. The van der Waals surface area contributed by atoms with Crippen LogP contribution >= 0.6 is 0 Å². The second-order valence-corrected chi connectivity index (χ2v) is 9.00. The summed E-state index contributed by atoms with van der Waals surface area (Å²) in [5.41, 5.74) is 2.50. The fraction of sp³-hybridized carbons (Fsp3) is 0.286. The van der Waals surface area contributed by atoms with Crippen LogP contribution in [0.2, 0.25) is 0 Å². The summed E-state index contributed by atoms with van der Waals surface area (Å²) in [5, 5.41) is 3.15. The number of fused-ring (bicyclic) bond motifs is 1. The lowest BCUT2D eigenvalue weighted by Crippen LogP contribution is -2.39. The molecule has 1 aliphatic carbocycles. The molecule has 1 N–H and O–H groups in total. The molecule has 6 heteroatoms. The second-order valence-electron chi connectivity index (χ2n) is 9.00. The number of hydrogen-bond donors (Lipinski definition) is 1. The Hall–Kier alpha value is -3.67. The first kappa shape index (κ1) is 22.1. The minimum atomic E-state index is -0.398. The van der Waals surface area contributed by atoms with Crippen molar-refractivity contribution in [3.63, 3.8) is 0 Å². The monoisotopic (exact) mass is 457 g/mol. The van der Waals surface area contributed by atoms with Crippen molar-refractivity contribution in [3.8, 4) is 11.3 Å². The summed E-state index contributed by atoms with van der Waals surface area (Å²) >= 11 is 0. The standard InChI is InChI=1S/C28H28FN3O2/c29-23-15-9-8-12-21(23)18-32-26(27(33)30-22-13-6-1-2-7-14-22)19-31-24(16-17-25(31)28(32)34)20-10-4-3-5-11-20/h3-5,8-12,15-17,19,22H,1-2,6-7,13-14,18H2,(H,30,33). The van der Waals surface area contributed by atoms with Crippen molar-refractivity contribution in [1.29, 1.82) is 0 Å². The van der Waals surface area contributed by atoms with E-state index in [1.807, 2.05) is 36.4 Å². The Morgan fingerprint density at radius 1 is 0.912 bits per heavy atom. The van der Waals surface area contributed by atoms with E-state index >= 15 is 0 Å². The fourth-order valence-corrected chi connectivity index (χ4v) is 4.86. The first-order valence-electron chi connectivity index (χ1n) is 12.0. The number of aromatic nitrogens is 2. The predicted molar refractivity (Wildman–Crippen MR) is 132 cm³/mol. The lowest BCUT2D eigenvalue weighted by molar-refractivity contribution is 0.0922. The molecule has 0 radical (unpaired) electrons. The van der Waals surface area contributed by atoms with Crippen LogP contribution in [-0.2, 0) is 6.54 Å². The Balaban J connectivity index is 1.62. The maximum Gasteiger partial charge on any atom is 0.275 e. The van der Waals surface area contributed by atoms with Gasteiger partial charge in [-0.2, -0.15) is 0 Å². The Labute approximate surface area is 197 Å². The topological polar surface area (TPSA) is 55.5 Å². The Bertz CT molecular complexity index is 1370. The van der Waals surface area contributed by atoms with E-state index in [1.165, 1.54) is 23.5 Å². The first-order valence-corrected chi connectivity index (χ1v) is 12.0. The maximum atomic E-state index is 14.5. The number of nitrogens with one attached hydrogen (secondary N) is 1. The van der Waals surface area contributed by atoms with E-state index < -0.39 is 5.82 Å². The van der Waals surface area contributed by atoms with Gasteiger partial charge >= 0.3 is 0 Å². The lowest BCUT2D eigenvalue weighted by atomic mass is 10.1. The quantitative estimate of drug-likeness (QED) is 0.408. The number of carbonyl (C=O) groups excluding carboxylic acids is 1. The average molecular weight is 458 g/mol. The molecule has 5 rings (SSSR count). The van der Waals surface area contributed by atoms with Crippen LogP contribution < -0.4 is 10.9 Å². The third-order valence-electron chi connectivity index (χ3n) is 6.70. The van der Waals surface area contributed by atoms with E-state index in [0.717, 1.165) is 36.9 Å². The lowest BCUT2D eigenvalue weighted by Gasteiger charge is -2.19. The molecule has 174 valence electrons. The van der Waals surface area contributed by atoms with Crippen LogP contribution in [-0.4, -0.2) is 20.9 Å². The van der Waals surface area contributed by atoms with Gasteiger partial charge in [-0.1, -0.05) is 74.2 Å². The SMILES string of the molecule is O=C(NC1CCCCCC1)c1cn2c(-c3ccccc3)ccc2c(=O)n1Cc1ccccc1F. The van der Waals surface area contributed by atoms with Crippen molar-refractivity contribution in [1.82, 2.24) is 14.3 Å². The van der Waals surface area contributed by atoms with E-state index in [0.29, 0.717) is 11.1 Å². The molecule has 0 spiro atoms. The van der Waals surface area contributed by atoms with Gasteiger partial charge in [-0.25, -0.2) is 4.39 Å². The zero-order valence-electron chi connectivity index (χ0n) is 19.0. The molecular formula is C28H28FN3O2. The highest BCUT2D eigenvalue weighted by molar-refractivity contribution is 5.93. The maximum absolute atomic E-state index is 14.5. The van der Waals surface area contributed by atoms with Gasteiger partial charge in [-0.05, 0) is 36.6 Å². The van der Waals surface area contributed by atoms with Gasteiger partial charge in [0.05, 0.1) is 12.2 Å². The van der Waals surface area contributed by atoms with E-state index in [1.54, 1.807) is 34.9 Å². The van der Waals surface area contributed by atoms with Gasteiger partial charge in [0, 0.05) is 17.8 Å². The summed E-state index contributed by atoms with van der Waals surface area (Å²) in [5.74, 6) is -0.695. The summed E-state index contributed by atoms with van der Waals surface area (Å²) in [7, 11) is 0. The number of halogens is 1. The molecule has 5 nitrogen and oxygen atoms in total. The largest absolute Gasteiger partial charge is 0.348 e. The van der Waals surface area contributed by atoms with Crippen LogP contribution in [0.15, 0.2) is 77.7 Å². The van der Waals surface area contributed by atoms with Crippen LogP contribution in [0.25, 0.3) is 16.8 Å². The van der Waals surface area contributed by atoms with Crippen molar-refractivity contribution >= 4 is 11.4 Å². The van der Waals surface area contributed by atoms with Crippen LogP contribution in [0.1, 0.15) is 54.6 Å². The highest BCUT2D eigenvalue weighted by Crippen LogP contribution is 2.23. The normalized spacial score (nSPS) is 14.7. The molecule has 1 aliphatic rings. The number of hydrogen-bond acceptors (Lipinski definition) is 2. The molecular weight excluding hydrogens is 429 g/mol. The van der Waals surface area contributed by atoms with Crippen molar-refractivity contribution in [2.24, 2.45) is 0 Å². The van der Waals surface area contributed by atoms with E-state index in [4.69, 9.17) is 0 Å². The fourth-order valence-electron chi connectivity index (χ4n) is 4.86. The van der Waals surface area contributed by atoms with Crippen LogP contribution in [0.5, 0.6) is 0 Å². The minimum Gasteiger partial charge on any atom is -0.348 e. The van der Waals surface area contributed by atoms with E-state index in [-0.39, 0.29) is 29.7 Å². The van der Waals surface area contributed by atoms with Gasteiger partial charge in [0.15, 0.2) is 0 Å². The minimum absolute atomic E-state index is 0.0126. The molecule has 34 heavy (non-hydrogen) atoms. The number of amides is 1. The van der Waals surface area contributed by atoms with Gasteiger partial charge in [-0.15, -0.1) is 0 Å². The Morgan fingerprint density at radius 2 is 1.62 bits per heavy atom. The summed E-state index contributed by atoms with van der Waals surface area (Å²) in [4.78, 5) is 27.1. The van der Waals surface area contributed by atoms with Gasteiger partial charge < -0.3 is 9.72 Å². The zero-order valence-corrected chi connectivity index (χ0v) is 19.0. The molecule has 1 fully saturated rings. The van der Waals surface area contributed by atoms with Crippen LogP contribution in [0.3, 0.4) is 0 Å². The molecule has 0 aliphatic heterocycles. The van der Waals surface area contributed by atoms with Crippen LogP contribution in [0.4, 0.5) is 4.39 Å². The highest BCUT2D eigenvalue weighted by Gasteiger charge is 2.22. The van der Waals surface area contributed by atoms with Gasteiger partial charge in [0.1, 0.15) is 17.0 Å². The van der Waals surface area contributed by atoms with Crippen molar-refractivity contribution in [2.75, 3.05) is 0 Å². The summed E-state index contributed by atoms with van der Waals surface area (Å²) in [6.07, 6.45) is 8.12. The van der Waals surface area contributed by atoms with E-state index in [2.05, 4.69) is 5.32 Å². The van der Waals surface area contributed by atoms with Gasteiger partial charge in [0.2, 0.25) is 0 Å². The molecule has 2 heterocycles. The average Bonchev–Trinajstić information content (AvgIpc) is 3.12. The number of benzene rings is 2. The van der Waals surface area contributed by atoms with E-state index in [9.17, 15) is 14.0 Å². The molecule has 0 saturated heterocycles. The highest BCUT2D eigenvalue weighted by atomic mass is 19.1. The van der Waals surface area contributed by atoms with Crippen molar-refractivity contribution in [2.45, 2.75) is 51.1 Å². The summed E-state index contributed by atoms with van der Waals surface area (Å²) in [6, 6.07) is 19.8. The summed E-state index contributed by atoms with van der Waals surface area (Å²) in [6.45, 7) is -0.0126. The molecule has 1 saturated carbocycles. The molecule has 2 aromatic heterocycles. The molecule has 0 bridgehead atoms. The molecule has 0 atom stereocenters. The molecule has 2 aromatic carbocycles. The second kappa shape index (κ2) is 9.67. The van der Waals surface area contributed by atoms with Crippen molar-refractivity contribution in [3.05, 3.63) is 100 Å².